The summed E-state index contributed by atoms with van der Waals surface area (Å²) >= 11 is 0. The van der Waals surface area contributed by atoms with Crippen molar-refractivity contribution in [2.24, 2.45) is 5.92 Å². The lowest BCUT2D eigenvalue weighted by Gasteiger charge is -2.36. The summed E-state index contributed by atoms with van der Waals surface area (Å²) in [6, 6.07) is -0.576. The predicted molar refractivity (Wildman–Crippen MR) is 76.4 cm³/mol. The molecule has 2 aliphatic rings. The molecule has 1 heterocycles. The van der Waals surface area contributed by atoms with E-state index in [2.05, 4.69) is 5.32 Å². The van der Waals surface area contributed by atoms with Gasteiger partial charge in [0.1, 0.15) is 6.04 Å². The van der Waals surface area contributed by atoms with E-state index in [1.54, 1.807) is 0 Å². The number of likely N-dealkylation sites (tertiary alicyclic amines) is 1. The van der Waals surface area contributed by atoms with E-state index in [1.807, 2.05) is 18.7 Å². The third-order valence-electron chi connectivity index (χ3n) is 4.80. The van der Waals surface area contributed by atoms with Crippen LogP contribution in [0, 0.1) is 5.92 Å². The van der Waals surface area contributed by atoms with Gasteiger partial charge in [0.25, 0.3) is 0 Å². The molecule has 1 saturated heterocycles. The highest BCUT2D eigenvalue weighted by atomic mass is 16.4. The van der Waals surface area contributed by atoms with Gasteiger partial charge in [-0.1, -0.05) is 19.8 Å². The molecular formula is C15H26N2O3. The first-order valence-electron chi connectivity index (χ1n) is 7.84. The number of rotatable bonds is 5. The summed E-state index contributed by atoms with van der Waals surface area (Å²) in [5.41, 5.74) is 0. The number of amides is 1. The monoisotopic (exact) mass is 282 g/mol. The number of carbonyl (C=O) groups excluding carboxylic acids is 1. The molecule has 114 valence electrons. The van der Waals surface area contributed by atoms with Crippen LogP contribution >= 0.6 is 0 Å². The Kier molecular flexibility index (Phi) is 5.02. The van der Waals surface area contributed by atoms with Crippen LogP contribution in [0.15, 0.2) is 0 Å². The number of fused-ring (bicyclic) bond motifs is 1. The lowest BCUT2D eigenvalue weighted by molar-refractivity contribution is -0.144. The van der Waals surface area contributed by atoms with Crippen LogP contribution in [0.25, 0.3) is 0 Å². The first-order chi connectivity index (χ1) is 9.56. The van der Waals surface area contributed by atoms with Gasteiger partial charge in [0.05, 0.1) is 6.04 Å². The molecule has 0 bridgehead atoms. The molecule has 2 N–H and O–H groups in total. The van der Waals surface area contributed by atoms with Crippen LogP contribution in [0.1, 0.15) is 52.4 Å². The molecule has 0 aromatic carbocycles. The molecular weight excluding hydrogens is 256 g/mol. The van der Waals surface area contributed by atoms with Crippen molar-refractivity contribution in [1.82, 2.24) is 10.2 Å². The van der Waals surface area contributed by atoms with E-state index in [4.69, 9.17) is 0 Å². The Morgan fingerprint density at radius 2 is 2.05 bits per heavy atom. The van der Waals surface area contributed by atoms with E-state index >= 15 is 0 Å². The predicted octanol–water partition coefficient (Wildman–Crippen LogP) is 1.62. The molecule has 5 nitrogen and oxygen atoms in total. The first-order valence-corrected chi connectivity index (χ1v) is 7.84. The highest BCUT2D eigenvalue weighted by molar-refractivity contribution is 5.83. The molecule has 4 unspecified atom stereocenters. The first kappa shape index (κ1) is 15.3. The van der Waals surface area contributed by atoms with Gasteiger partial charge in [-0.25, -0.2) is 0 Å². The summed E-state index contributed by atoms with van der Waals surface area (Å²) in [7, 11) is 0. The van der Waals surface area contributed by atoms with Crippen molar-refractivity contribution in [3.63, 3.8) is 0 Å². The zero-order chi connectivity index (χ0) is 14.7. The summed E-state index contributed by atoms with van der Waals surface area (Å²) in [4.78, 5) is 25.7. The minimum atomic E-state index is -0.783. The maximum Gasteiger partial charge on any atom is 0.320 e. The summed E-state index contributed by atoms with van der Waals surface area (Å²) in [5.74, 6) is -0.370. The molecule has 0 radical (unpaired) electrons. The Bertz CT molecular complexity index is 372. The molecule has 2 fully saturated rings. The molecule has 0 aromatic rings. The van der Waals surface area contributed by atoms with E-state index in [0.717, 1.165) is 25.7 Å². The number of carboxylic acids is 1. The van der Waals surface area contributed by atoms with Crippen molar-refractivity contribution in [3.05, 3.63) is 0 Å². The van der Waals surface area contributed by atoms with Gasteiger partial charge in [-0.15, -0.1) is 0 Å². The molecule has 1 aliphatic carbocycles. The summed E-state index contributed by atoms with van der Waals surface area (Å²) in [5, 5.41) is 12.4. The Morgan fingerprint density at radius 1 is 1.35 bits per heavy atom. The van der Waals surface area contributed by atoms with Gasteiger partial charge in [0.2, 0.25) is 5.91 Å². The summed E-state index contributed by atoms with van der Waals surface area (Å²) in [6.07, 6.45) is 6.07. The van der Waals surface area contributed by atoms with Crippen LogP contribution < -0.4 is 5.32 Å². The Balaban J connectivity index is 2.11. The van der Waals surface area contributed by atoms with Crippen molar-refractivity contribution >= 4 is 11.9 Å². The Labute approximate surface area is 120 Å². The van der Waals surface area contributed by atoms with Gasteiger partial charge in [-0.2, -0.15) is 0 Å². The molecule has 1 aliphatic heterocycles. The topological polar surface area (TPSA) is 69.6 Å². The second-order valence-electron chi connectivity index (χ2n) is 6.12. The fourth-order valence-corrected chi connectivity index (χ4v) is 3.81. The molecule has 2 rings (SSSR count). The van der Waals surface area contributed by atoms with Crippen LogP contribution in [-0.2, 0) is 9.59 Å². The van der Waals surface area contributed by atoms with Crippen molar-refractivity contribution in [3.8, 4) is 0 Å². The molecule has 0 spiro atoms. The smallest absolute Gasteiger partial charge is 0.320 e. The number of hydrogen-bond donors (Lipinski definition) is 2. The summed E-state index contributed by atoms with van der Waals surface area (Å²) < 4.78 is 0. The maximum atomic E-state index is 12.2. The number of hydrogen-bond acceptors (Lipinski definition) is 3. The Hall–Kier alpha value is -1.10. The largest absolute Gasteiger partial charge is 0.480 e. The fraction of sp³-hybridized carbons (Fsp3) is 0.867. The molecule has 20 heavy (non-hydrogen) atoms. The highest BCUT2D eigenvalue weighted by Gasteiger charge is 2.48. The van der Waals surface area contributed by atoms with E-state index < -0.39 is 12.0 Å². The fourth-order valence-electron chi connectivity index (χ4n) is 3.81. The number of carboxylic acid groups (broad SMARTS) is 1. The number of aliphatic carboxylic acids is 1. The van der Waals surface area contributed by atoms with Gasteiger partial charge < -0.3 is 10.4 Å². The average Bonchev–Trinajstić information content (AvgIpc) is 2.83. The van der Waals surface area contributed by atoms with E-state index in [-0.39, 0.29) is 18.0 Å². The van der Waals surface area contributed by atoms with Crippen LogP contribution in [0.3, 0.4) is 0 Å². The molecule has 1 saturated carbocycles. The number of nitrogens with one attached hydrogen (secondary N) is 1. The van der Waals surface area contributed by atoms with Crippen molar-refractivity contribution < 1.29 is 14.7 Å². The van der Waals surface area contributed by atoms with Gasteiger partial charge >= 0.3 is 5.97 Å². The average molecular weight is 282 g/mol. The maximum absolute atomic E-state index is 12.2. The quantitative estimate of drug-likeness (QED) is 0.804. The van der Waals surface area contributed by atoms with E-state index in [0.29, 0.717) is 18.9 Å². The standard InChI is InChI=1S/C15H26N2O3/c1-3-8-16-14(18)10(2)17-12-7-5-4-6-11(12)9-13(17)15(19)20/h10-13H,3-9H2,1-2H3,(H,16,18)(H,19,20). The molecule has 1 amide bonds. The van der Waals surface area contributed by atoms with Crippen molar-refractivity contribution in [2.45, 2.75) is 70.5 Å². The zero-order valence-corrected chi connectivity index (χ0v) is 12.5. The van der Waals surface area contributed by atoms with Crippen LogP contribution in [0.5, 0.6) is 0 Å². The molecule has 4 atom stereocenters. The second-order valence-corrected chi connectivity index (χ2v) is 6.12. The lowest BCUT2D eigenvalue weighted by Crippen LogP contribution is -2.53. The van der Waals surface area contributed by atoms with E-state index in [9.17, 15) is 14.7 Å². The van der Waals surface area contributed by atoms with Crippen LogP contribution in [-0.4, -0.2) is 46.6 Å². The van der Waals surface area contributed by atoms with Crippen LogP contribution in [0.2, 0.25) is 0 Å². The van der Waals surface area contributed by atoms with Crippen LogP contribution in [0.4, 0.5) is 0 Å². The Morgan fingerprint density at radius 3 is 2.70 bits per heavy atom. The highest BCUT2D eigenvalue weighted by Crippen LogP contribution is 2.40. The molecule has 5 heteroatoms. The second kappa shape index (κ2) is 6.57. The van der Waals surface area contributed by atoms with Gasteiger partial charge in [0, 0.05) is 12.6 Å². The minimum Gasteiger partial charge on any atom is -0.480 e. The zero-order valence-electron chi connectivity index (χ0n) is 12.5. The third kappa shape index (κ3) is 2.97. The van der Waals surface area contributed by atoms with E-state index in [1.165, 1.54) is 6.42 Å². The SMILES string of the molecule is CCCNC(=O)C(C)N1C(C(=O)O)CC2CCCCC21. The van der Waals surface area contributed by atoms with Crippen molar-refractivity contribution in [1.29, 1.82) is 0 Å². The normalized spacial score (nSPS) is 31.6. The number of nitrogens with zero attached hydrogens (tertiary/aromatic N) is 1. The van der Waals surface area contributed by atoms with Gasteiger partial charge in [-0.3, -0.25) is 14.5 Å². The van der Waals surface area contributed by atoms with Gasteiger partial charge in [-0.05, 0) is 38.5 Å². The summed E-state index contributed by atoms with van der Waals surface area (Å²) in [6.45, 7) is 4.51. The molecule has 0 aromatic heterocycles. The minimum absolute atomic E-state index is 0.0377. The number of carbonyl (C=O) groups is 2. The van der Waals surface area contributed by atoms with Gasteiger partial charge in [0.15, 0.2) is 0 Å². The third-order valence-corrected chi connectivity index (χ3v) is 4.80. The lowest BCUT2D eigenvalue weighted by atomic mass is 9.84. The van der Waals surface area contributed by atoms with Crippen molar-refractivity contribution in [2.75, 3.05) is 6.54 Å².